The first-order chi connectivity index (χ1) is 11.5. The highest BCUT2D eigenvalue weighted by molar-refractivity contribution is 5.74. The van der Waals surface area contributed by atoms with Gasteiger partial charge in [0.2, 0.25) is 11.8 Å². The number of hydrogen-bond acceptors (Lipinski definition) is 4. The van der Waals surface area contributed by atoms with Gasteiger partial charge in [-0.2, -0.15) is 0 Å². The molecule has 0 aliphatic carbocycles. The fraction of sp³-hybridized carbons (Fsp3) is 0.167. The highest BCUT2D eigenvalue weighted by Gasteiger charge is 2.16. The van der Waals surface area contributed by atoms with Gasteiger partial charge in [-0.05, 0) is 44.0 Å². The van der Waals surface area contributed by atoms with Crippen molar-refractivity contribution in [2.75, 3.05) is 5.32 Å². The van der Waals surface area contributed by atoms with Gasteiger partial charge in [-0.25, -0.2) is 9.97 Å². The average Bonchev–Trinajstić information content (AvgIpc) is 2.85. The van der Waals surface area contributed by atoms with Gasteiger partial charge in [-0.3, -0.25) is 0 Å². The van der Waals surface area contributed by atoms with Crippen LogP contribution in [-0.2, 0) is 0 Å². The summed E-state index contributed by atoms with van der Waals surface area (Å²) in [6.45, 7) is 12.9. The molecule has 2 heterocycles. The molecule has 0 saturated carbocycles. The van der Waals surface area contributed by atoms with E-state index in [0.29, 0.717) is 17.5 Å². The van der Waals surface area contributed by atoms with Crippen molar-refractivity contribution in [2.45, 2.75) is 20.8 Å². The lowest BCUT2D eigenvalue weighted by Crippen LogP contribution is -1.98. The third-order valence-corrected chi connectivity index (χ3v) is 3.90. The van der Waals surface area contributed by atoms with Gasteiger partial charge >= 0.3 is 0 Å². The maximum atomic E-state index is 9.80. The fourth-order valence-corrected chi connectivity index (χ4v) is 2.60. The molecule has 3 rings (SSSR count). The summed E-state index contributed by atoms with van der Waals surface area (Å²) in [4.78, 5) is 15.3. The highest BCUT2D eigenvalue weighted by atomic mass is 16.3. The molecule has 6 nitrogen and oxygen atoms in total. The Morgan fingerprint density at radius 3 is 2.67 bits per heavy atom. The maximum absolute atomic E-state index is 9.80. The minimum atomic E-state index is 0.218. The lowest BCUT2D eigenvalue weighted by Gasteiger charge is -2.08. The normalized spacial score (nSPS) is 10.4. The van der Waals surface area contributed by atoms with Gasteiger partial charge in [-0.15, -0.1) is 0 Å². The predicted octanol–water partition coefficient (Wildman–Crippen LogP) is 4.40. The Hall–Kier alpha value is -3.33. The molecule has 0 radical (unpaired) electrons. The number of hydrogen-bond donors (Lipinski definition) is 3. The summed E-state index contributed by atoms with van der Waals surface area (Å²) < 4.78 is 0. The largest absolute Gasteiger partial charge is 0.508 e. The number of phenolic OH excluding ortho intramolecular Hbond substituents is 1. The van der Waals surface area contributed by atoms with Crippen molar-refractivity contribution >= 4 is 17.5 Å². The predicted molar refractivity (Wildman–Crippen MR) is 93.7 cm³/mol. The molecule has 0 saturated heterocycles. The quantitative estimate of drug-likeness (QED) is 0.625. The second kappa shape index (κ2) is 6.05. The number of anilines is 2. The van der Waals surface area contributed by atoms with Crippen molar-refractivity contribution in [1.82, 2.24) is 15.0 Å². The first-order valence-corrected chi connectivity index (χ1v) is 7.46. The summed E-state index contributed by atoms with van der Waals surface area (Å²) in [5.41, 5.74) is 4.94. The summed E-state index contributed by atoms with van der Waals surface area (Å²) in [6.07, 6.45) is 1.67. The third-order valence-electron chi connectivity index (χ3n) is 3.90. The number of benzene rings is 1. The number of phenols is 1. The smallest absolute Gasteiger partial charge is 0.231 e. The molecular formula is C18H17N5O. The van der Waals surface area contributed by atoms with Crippen molar-refractivity contribution in [1.29, 1.82) is 0 Å². The van der Waals surface area contributed by atoms with Crippen LogP contribution >= 0.6 is 0 Å². The van der Waals surface area contributed by atoms with Crippen LogP contribution in [-0.4, -0.2) is 20.1 Å². The van der Waals surface area contributed by atoms with Gasteiger partial charge in [0.05, 0.1) is 11.4 Å². The molecule has 0 spiro atoms. The molecule has 0 amide bonds. The van der Waals surface area contributed by atoms with Crippen LogP contribution in [0.15, 0.2) is 30.5 Å². The summed E-state index contributed by atoms with van der Waals surface area (Å²) in [5.74, 6) is 1.18. The summed E-state index contributed by atoms with van der Waals surface area (Å²) in [6, 6.07) is 7.13. The van der Waals surface area contributed by atoms with E-state index >= 15 is 0 Å². The molecule has 3 N–H and O–H groups in total. The van der Waals surface area contributed by atoms with E-state index < -0.39 is 0 Å². The molecule has 0 fully saturated rings. The average molecular weight is 319 g/mol. The van der Waals surface area contributed by atoms with Crippen molar-refractivity contribution in [2.24, 2.45) is 0 Å². The minimum absolute atomic E-state index is 0.218. The lowest BCUT2D eigenvalue weighted by atomic mass is 10.1. The van der Waals surface area contributed by atoms with Crippen LogP contribution in [0.5, 0.6) is 5.75 Å². The Balaban J connectivity index is 1.97. The fourth-order valence-electron chi connectivity index (χ4n) is 2.60. The molecule has 3 aromatic rings. The highest BCUT2D eigenvalue weighted by Crippen LogP contribution is 2.33. The van der Waals surface area contributed by atoms with E-state index in [2.05, 4.69) is 25.1 Å². The van der Waals surface area contributed by atoms with Gasteiger partial charge < -0.3 is 20.3 Å². The number of aromatic amines is 1. The standard InChI is InChI=1S/C18H17N5O/c1-10-5-6-13(9-15(10)24)22-18-20-8-7-14(23-18)16-11(2)17(19-4)21-12(16)3/h5-9,21,24H,1-3H3,(H,20,22,23). The van der Waals surface area contributed by atoms with E-state index in [9.17, 15) is 5.11 Å². The topological polar surface area (TPSA) is 78.2 Å². The number of aromatic hydroxyl groups is 1. The molecule has 0 aliphatic heterocycles. The Morgan fingerprint density at radius 1 is 1.21 bits per heavy atom. The number of nitrogens with zero attached hydrogens (tertiary/aromatic N) is 3. The zero-order chi connectivity index (χ0) is 17.3. The number of aromatic nitrogens is 3. The molecular weight excluding hydrogens is 302 g/mol. The molecule has 24 heavy (non-hydrogen) atoms. The molecule has 1 aromatic carbocycles. The Bertz CT molecular complexity index is 953. The van der Waals surface area contributed by atoms with E-state index in [4.69, 9.17) is 6.57 Å². The van der Waals surface area contributed by atoms with Crippen molar-refractivity contribution in [3.63, 3.8) is 0 Å². The van der Waals surface area contributed by atoms with Gasteiger partial charge in [-0.1, -0.05) is 12.6 Å². The Morgan fingerprint density at radius 2 is 2.00 bits per heavy atom. The van der Waals surface area contributed by atoms with Crippen LogP contribution < -0.4 is 5.32 Å². The molecule has 6 heteroatoms. The number of aryl methyl sites for hydroxylation is 2. The van der Waals surface area contributed by atoms with Gasteiger partial charge in [0.15, 0.2) is 0 Å². The van der Waals surface area contributed by atoms with Crippen LogP contribution in [0.25, 0.3) is 16.1 Å². The van der Waals surface area contributed by atoms with Gasteiger partial charge in [0.1, 0.15) is 5.75 Å². The van der Waals surface area contributed by atoms with Crippen molar-refractivity contribution in [3.05, 3.63) is 58.7 Å². The third kappa shape index (κ3) is 2.79. The maximum Gasteiger partial charge on any atom is 0.231 e. The first-order valence-electron chi connectivity index (χ1n) is 7.46. The Labute approximate surface area is 140 Å². The molecule has 0 bridgehead atoms. The second-order valence-electron chi connectivity index (χ2n) is 5.60. The van der Waals surface area contributed by atoms with Crippen LogP contribution in [0.4, 0.5) is 17.5 Å². The zero-order valence-electron chi connectivity index (χ0n) is 13.7. The summed E-state index contributed by atoms with van der Waals surface area (Å²) >= 11 is 0. The Kier molecular flexibility index (Phi) is 3.92. The summed E-state index contributed by atoms with van der Waals surface area (Å²) in [5, 5.41) is 12.9. The first kappa shape index (κ1) is 15.6. The number of nitrogens with one attached hydrogen (secondary N) is 2. The van der Waals surface area contributed by atoms with E-state index in [-0.39, 0.29) is 5.75 Å². The number of rotatable bonds is 3. The molecule has 0 atom stereocenters. The minimum Gasteiger partial charge on any atom is -0.508 e. The van der Waals surface area contributed by atoms with Gasteiger partial charge in [0.25, 0.3) is 0 Å². The molecule has 0 unspecified atom stereocenters. The monoisotopic (exact) mass is 319 g/mol. The van der Waals surface area contributed by atoms with Crippen LogP contribution in [0.2, 0.25) is 0 Å². The molecule has 120 valence electrons. The van der Waals surface area contributed by atoms with E-state index in [1.54, 1.807) is 12.3 Å². The summed E-state index contributed by atoms with van der Waals surface area (Å²) in [7, 11) is 0. The lowest BCUT2D eigenvalue weighted by molar-refractivity contribution is 0.471. The van der Waals surface area contributed by atoms with E-state index in [0.717, 1.165) is 28.1 Å². The van der Waals surface area contributed by atoms with E-state index in [1.165, 1.54) is 0 Å². The molecule has 2 aromatic heterocycles. The molecule has 0 aliphatic rings. The van der Waals surface area contributed by atoms with Crippen LogP contribution in [0, 0.1) is 27.3 Å². The van der Waals surface area contributed by atoms with Crippen molar-refractivity contribution < 1.29 is 5.11 Å². The van der Waals surface area contributed by atoms with Crippen molar-refractivity contribution in [3.8, 4) is 17.0 Å². The SMILES string of the molecule is [C-]#[N+]c1[nH]c(C)c(-c2ccnc(Nc3ccc(C)c(O)c3)n2)c1C. The van der Waals surface area contributed by atoms with Crippen LogP contribution in [0.1, 0.15) is 16.8 Å². The van der Waals surface area contributed by atoms with E-state index in [1.807, 2.05) is 39.0 Å². The zero-order valence-corrected chi connectivity index (χ0v) is 13.7. The number of H-pyrrole nitrogens is 1. The van der Waals surface area contributed by atoms with Gasteiger partial charge in [0, 0.05) is 23.5 Å². The van der Waals surface area contributed by atoms with Crippen LogP contribution in [0.3, 0.4) is 0 Å². The second-order valence-corrected chi connectivity index (χ2v) is 5.60.